The largest absolute Gasteiger partial charge is 0.408 e. The van der Waals surface area contributed by atoms with Gasteiger partial charge in [-0.3, -0.25) is 4.79 Å². The SMILES string of the molecule is O=C1CC(CO)CC(C(F)(F)F)N1. The summed E-state index contributed by atoms with van der Waals surface area (Å²) in [5.41, 5.74) is 0. The summed E-state index contributed by atoms with van der Waals surface area (Å²) in [6.45, 7) is -0.375. The molecule has 76 valence electrons. The summed E-state index contributed by atoms with van der Waals surface area (Å²) in [5.74, 6) is -1.21. The molecule has 2 unspecified atom stereocenters. The first kappa shape index (κ1) is 10.3. The van der Waals surface area contributed by atoms with Crippen LogP contribution >= 0.6 is 0 Å². The third-order valence-corrected chi connectivity index (χ3v) is 2.03. The van der Waals surface area contributed by atoms with E-state index in [-0.39, 0.29) is 19.4 Å². The summed E-state index contributed by atoms with van der Waals surface area (Å²) in [6, 6.07) is -1.80. The average Bonchev–Trinajstić information content (AvgIpc) is 2.01. The highest BCUT2D eigenvalue weighted by molar-refractivity contribution is 5.77. The summed E-state index contributed by atoms with van der Waals surface area (Å²) in [6.07, 6.45) is -4.67. The molecule has 1 heterocycles. The third kappa shape index (κ3) is 2.58. The first-order valence-electron chi connectivity index (χ1n) is 3.90. The first-order valence-corrected chi connectivity index (χ1v) is 3.90. The zero-order valence-electron chi connectivity index (χ0n) is 6.77. The van der Waals surface area contributed by atoms with Gasteiger partial charge in [-0.05, 0) is 12.3 Å². The van der Waals surface area contributed by atoms with Crippen molar-refractivity contribution in [1.82, 2.24) is 5.32 Å². The van der Waals surface area contributed by atoms with Gasteiger partial charge in [0.1, 0.15) is 6.04 Å². The topological polar surface area (TPSA) is 49.3 Å². The van der Waals surface area contributed by atoms with Crippen LogP contribution in [0.4, 0.5) is 13.2 Å². The van der Waals surface area contributed by atoms with Crippen molar-refractivity contribution < 1.29 is 23.1 Å². The molecule has 3 nitrogen and oxygen atoms in total. The molecule has 2 N–H and O–H groups in total. The maximum absolute atomic E-state index is 12.1. The Bertz CT molecular complexity index is 204. The maximum Gasteiger partial charge on any atom is 0.408 e. The maximum atomic E-state index is 12.1. The minimum Gasteiger partial charge on any atom is -0.396 e. The van der Waals surface area contributed by atoms with E-state index >= 15 is 0 Å². The van der Waals surface area contributed by atoms with E-state index in [1.807, 2.05) is 5.32 Å². The van der Waals surface area contributed by atoms with Gasteiger partial charge in [0.05, 0.1) is 0 Å². The molecule has 1 fully saturated rings. The van der Waals surface area contributed by atoms with Gasteiger partial charge in [-0.15, -0.1) is 0 Å². The minimum atomic E-state index is -4.41. The fourth-order valence-electron chi connectivity index (χ4n) is 1.35. The van der Waals surface area contributed by atoms with Crippen molar-refractivity contribution >= 4 is 5.91 Å². The molecular weight excluding hydrogens is 187 g/mol. The van der Waals surface area contributed by atoms with Gasteiger partial charge in [0.2, 0.25) is 5.91 Å². The summed E-state index contributed by atoms with van der Waals surface area (Å²) >= 11 is 0. The Balaban J connectivity index is 2.62. The number of amides is 1. The first-order chi connectivity index (χ1) is 5.93. The number of hydrogen-bond donors (Lipinski definition) is 2. The summed E-state index contributed by atoms with van der Waals surface area (Å²) in [7, 11) is 0. The average molecular weight is 197 g/mol. The number of rotatable bonds is 1. The van der Waals surface area contributed by atoms with Crippen molar-refractivity contribution in [2.24, 2.45) is 5.92 Å². The molecule has 1 aliphatic heterocycles. The monoisotopic (exact) mass is 197 g/mol. The highest BCUT2D eigenvalue weighted by Crippen LogP contribution is 2.28. The molecule has 0 aromatic heterocycles. The highest BCUT2D eigenvalue weighted by atomic mass is 19.4. The fraction of sp³-hybridized carbons (Fsp3) is 0.857. The van der Waals surface area contributed by atoms with E-state index in [0.29, 0.717) is 0 Å². The van der Waals surface area contributed by atoms with Gasteiger partial charge in [-0.1, -0.05) is 0 Å². The number of carbonyl (C=O) groups is 1. The second-order valence-electron chi connectivity index (χ2n) is 3.15. The predicted octanol–water partition coefficient (Wildman–Crippen LogP) is 0.436. The lowest BCUT2D eigenvalue weighted by Crippen LogP contribution is -2.51. The Morgan fingerprint density at radius 2 is 2.15 bits per heavy atom. The summed E-state index contributed by atoms with van der Waals surface area (Å²) in [5, 5.41) is 10.5. The van der Waals surface area contributed by atoms with Crippen LogP contribution in [0.3, 0.4) is 0 Å². The van der Waals surface area contributed by atoms with Crippen LogP contribution in [0.5, 0.6) is 0 Å². The van der Waals surface area contributed by atoms with Gasteiger partial charge < -0.3 is 10.4 Å². The molecule has 13 heavy (non-hydrogen) atoms. The van der Waals surface area contributed by atoms with Crippen molar-refractivity contribution in [3.05, 3.63) is 0 Å². The molecule has 2 atom stereocenters. The van der Waals surface area contributed by atoms with Gasteiger partial charge >= 0.3 is 6.18 Å². The van der Waals surface area contributed by atoms with E-state index in [0.717, 1.165) is 0 Å². The van der Waals surface area contributed by atoms with Crippen molar-refractivity contribution in [1.29, 1.82) is 0 Å². The Kier molecular flexibility index (Phi) is 2.80. The highest BCUT2D eigenvalue weighted by Gasteiger charge is 2.44. The molecule has 0 bridgehead atoms. The van der Waals surface area contributed by atoms with Crippen LogP contribution in [-0.4, -0.2) is 29.8 Å². The molecule has 0 aliphatic carbocycles. The van der Waals surface area contributed by atoms with E-state index < -0.39 is 24.0 Å². The van der Waals surface area contributed by atoms with Crippen LogP contribution in [0.25, 0.3) is 0 Å². The van der Waals surface area contributed by atoms with Gasteiger partial charge in [-0.25, -0.2) is 0 Å². The van der Waals surface area contributed by atoms with Gasteiger partial charge in [0.25, 0.3) is 0 Å². The van der Waals surface area contributed by atoms with Crippen LogP contribution in [0.15, 0.2) is 0 Å². The number of hydrogen-bond acceptors (Lipinski definition) is 2. The van der Waals surface area contributed by atoms with E-state index in [9.17, 15) is 18.0 Å². The quantitative estimate of drug-likeness (QED) is 0.640. The van der Waals surface area contributed by atoms with Crippen LogP contribution < -0.4 is 5.32 Å². The van der Waals surface area contributed by atoms with Gasteiger partial charge in [0.15, 0.2) is 0 Å². The molecule has 0 aromatic rings. The molecule has 0 saturated carbocycles. The fourth-order valence-corrected chi connectivity index (χ4v) is 1.35. The lowest BCUT2D eigenvalue weighted by Gasteiger charge is -2.30. The third-order valence-electron chi connectivity index (χ3n) is 2.03. The molecular formula is C7H10F3NO2. The molecule has 1 rings (SSSR count). The van der Waals surface area contributed by atoms with E-state index in [1.165, 1.54) is 0 Å². The smallest absolute Gasteiger partial charge is 0.396 e. The lowest BCUT2D eigenvalue weighted by atomic mass is 9.92. The standard InChI is InChI=1S/C7H10F3NO2/c8-7(9,10)5-1-4(3-12)2-6(13)11-5/h4-5,12H,1-3H2,(H,11,13). The minimum absolute atomic E-state index is 0.0247. The number of piperidine rings is 1. The number of aliphatic hydroxyl groups excluding tert-OH is 1. The Hall–Kier alpha value is -0.780. The van der Waals surface area contributed by atoms with Crippen LogP contribution in [0.1, 0.15) is 12.8 Å². The normalized spacial score (nSPS) is 30.0. The lowest BCUT2D eigenvalue weighted by molar-refractivity contribution is -0.171. The number of alkyl halides is 3. The zero-order chi connectivity index (χ0) is 10.1. The van der Waals surface area contributed by atoms with Gasteiger partial charge in [-0.2, -0.15) is 13.2 Å². The van der Waals surface area contributed by atoms with E-state index in [4.69, 9.17) is 5.11 Å². The number of halogens is 3. The number of nitrogens with one attached hydrogen (secondary N) is 1. The van der Waals surface area contributed by atoms with Crippen molar-refractivity contribution in [2.75, 3.05) is 6.61 Å². The molecule has 0 aromatic carbocycles. The van der Waals surface area contributed by atoms with Crippen molar-refractivity contribution in [3.63, 3.8) is 0 Å². The summed E-state index contributed by atoms with van der Waals surface area (Å²) in [4.78, 5) is 10.8. The molecule has 1 amide bonds. The van der Waals surface area contributed by atoms with Crippen molar-refractivity contribution in [2.45, 2.75) is 25.1 Å². The zero-order valence-corrected chi connectivity index (χ0v) is 6.77. The Labute approximate surface area is 72.9 Å². The van der Waals surface area contributed by atoms with Crippen LogP contribution in [-0.2, 0) is 4.79 Å². The molecule has 0 spiro atoms. The van der Waals surface area contributed by atoms with Gasteiger partial charge in [0, 0.05) is 13.0 Å². The Morgan fingerprint density at radius 1 is 1.54 bits per heavy atom. The number of aliphatic hydroxyl groups is 1. The van der Waals surface area contributed by atoms with E-state index in [1.54, 1.807) is 0 Å². The molecule has 0 radical (unpaired) electrons. The summed E-state index contributed by atoms with van der Waals surface area (Å²) < 4.78 is 36.4. The van der Waals surface area contributed by atoms with Crippen molar-refractivity contribution in [3.8, 4) is 0 Å². The van der Waals surface area contributed by atoms with Crippen LogP contribution in [0, 0.1) is 5.92 Å². The molecule has 6 heteroatoms. The number of carbonyl (C=O) groups excluding carboxylic acids is 1. The second kappa shape index (κ2) is 3.53. The second-order valence-corrected chi connectivity index (χ2v) is 3.15. The predicted molar refractivity (Wildman–Crippen MR) is 37.8 cm³/mol. The molecule has 1 saturated heterocycles. The van der Waals surface area contributed by atoms with Crippen LogP contribution in [0.2, 0.25) is 0 Å². The Morgan fingerprint density at radius 3 is 2.62 bits per heavy atom. The molecule has 1 aliphatic rings. The van der Waals surface area contributed by atoms with E-state index in [2.05, 4.69) is 0 Å².